The molecule has 1 aliphatic heterocycles. The Kier molecular flexibility index (Phi) is 4.53. The van der Waals surface area contributed by atoms with Gasteiger partial charge >= 0.3 is 0 Å². The number of aryl methyl sites for hydroxylation is 1. The van der Waals surface area contributed by atoms with Crippen LogP contribution in [-0.4, -0.2) is 22.5 Å². The van der Waals surface area contributed by atoms with Gasteiger partial charge in [0.2, 0.25) is 0 Å². The van der Waals surface area contributed by atoms with Gasteiger partial charge in [0.25, 0.3) is 5.91 Å². The van der Waals surface area contributed by atoms with E-state index in [2.05, 4.69) is 5.16 Å². The number of likely N-dealkylation sites (tertiary alicyclic amines) is 1. The van der Waals surface area contributed by atoms with Gasteiger partial charge in [-0.3, -0.25) is 4.79 Å². The van der Waals surface area contributed by atoms with E-state index >= 15 is 0 Å². The Bertz CT molecular complexity index is 624. The Hall–Kier alpha value is -2.01. The van der Waals surface area contributed by atoms with Crippen LogP contribution in [0.2, 0.25) is 0 Å². The van der Waals surface area contributed by atoms with Crippen LogP contribution >= 0.6 is 12.4 Å². The maximum absolute atomic E-state index is 12.6. The van der Waals surface area contributed by atoms with Crippen molar-refractivity contribution in [1.82, 2.24) is 10.1 Å². The number of halogens is 1. The molecule has 1 saturated heterocycles. The van der Waals surface area contributed by atoms with Crippen molar-refractivity contribution in [2.75, 3.05) is 12.3 Å². The van der Waals surface area contributed by atoms with E-state index in [0.717, 1.165) is 30.8 Å². The summed E-state index contributed by atoms with van der Waals surface area (Å²) in [5.41, 5.74) is 7.81. The van der Waals surface area contributed by atoms with Crippen molar-refractivity contribution in [2.24, 2.45) is 0 Å². The summed E-state index contributed by atoms with van der Waals surface area (Å²) in [5.74, 6) is 0.783. The van der Waals surface area contributed by atoms with Gasteiger partial charge in [-0.15, -0.1) is 12.4 Å². The zero-order valence-corrected chi connectivity index (χ0v) is 12.6. The standard InChI is InChI=1S/C15H17N3O2.ClH/c1-10-9-14(20-17-10)13-3-2-8-18(13)15(19)11-4-6-12(16)7-5-11;/h4-7,9,13H,2-3,8,16H2,1H3;1H. The second-order valence-corrected chi connectivity index (χ2v) is 5.15. The maximum atomic E-state index is 12.6. The lowest BCUT2D eigenvalue weighted by molar-refractivity contribution is 0.0714. The predicted molar refractivity (Wildman–Crippen MR) is 82.4 cm³/mol. The molecule has 5 nitrogen and oxygen atoms in total. The van der Waals surface area contributed by atoms with Crippen LogP contribution in [-0.2, 0) is 0 Å². The van der Waals surface area contributed by atoms with Crippen molar-refractivity contribution in [3.05, 3.63) is 47.3 Å². The van der Waals surface area contributed by atoms with Gasteiger partial charge in [-0.05, 0) is 44.0 Å². The molecular weight excluding hydrogens is 290 g/mol. The van der Waals surface area contributed by atoms with E-state index in [1.807, 2.05) is 17.9 Å². The average Bonchev–Trinajstić information content (AvgIpc) is 3.07. The molecule has 1 fully saturated rings. The Morgan fingerprint density at radius 2 is 2.10 bits per heavy atom. The average molecular weight is 308 g/mol. The highest BCUT2D eigenvalue weighted by atomic mass is 35.5. The number of hydrogen-bond donors (Lipinski definition) is 1. The second kappa shape index (κ2) is 6.18. The molecule has 112 valence electrons. The van der Waals surface area contributed by atoms with E-state index in [0.29, 0.717) is 11.3 Å². The minimum atomic E-state index is -0.0127. The maximum Gasteiger partial charge on any atom is 0.254 e. The van der Waals surface area contributed by atoms with Crippen molar-refractivity contribution in [3.63, 3.8) is 0 Å². The molecular formula is C15H18ClN3O2. The van der Waals surface area contributed by atoms with E-state index in [1.165, 1.54) is 0 Å². The van der Waals surface area contributed by atoms with E-state index in [4.69, 9.17) is 10.3 Å². The van der Waals surface area contributed by atoms with Gasteiger partial charge in [0, 0.05) is 23.9 Å². The number of carbonyl (C=O) groups is 1. The quantitative estimate of drug-likeness (QED) is 0.866. The summed E-state index contributed by atoms with van der Waals surface area (Å²) in [5, 5.41) is 3.91. The fourth-order valence-corrected chi connectivity index (χ4v) is 2.64. The number of nitrogen functional groups attached to an aromatic ring is 1. The first-order valence-electron chi connectivity index (χ1n) is 6.75. The molecule has 1 aromatic carbocycles. The summed E-state index contributed by atoms with van der Waals surface area (Å²) < 4.78 is 5.32. The van der Waals surface area contributed by atoms with Gasteiger partial charge in [0.15, 0.2) is 5.76 Å². The molecule has 2 heterocycles. The van der Waals surface area contributed by atoms with Crippen LogP contribution in [0, 0.1) is 6.92 Å². The number of benzene rings is 1. The predicted octanol–water partition coefficient (Wildman–Crippen LogP) is 2.96. The first-order chi connectivity index (χ1) is 9.65. The molecule has 0 spiro atoms. The summed E-state index contributed by atoms with van der Waals surface area (Å²) in [7, 11) is 0. The summed E-state index contributed by atoms with van der Waals surface area (Å²) in [6.07, 6.45) is 1.89. The van der Waals surface area contributed by atoms with Crippen molar-refractivity contribution >= 4 is 24.0 Å². The Morgan fingerprint density at radius 3 is 2.71 bits per heavy atom. The molecule has 0 saturated carbocycles. The van der Waals surface area contributed by atoms with Gasteiger partial charge in [-0.2, -0.15) is 0 Å². The van der Waals surface area contributed by atoms with E-state index in [1.54, 1.807) is 24.3 Å². The highest BCUT2D eigenvalue weighted by Gasteiger charge is 2.33. The van der Waals surface area contributed by atoms with Gasteiger partial charge in [0.1, 0.15) is 0 Å². The molecule has 6 heteroatoms. The van der Waals surface area contributed by atoms with Crippen molar-refractivity contribution in [2.45, 2.75) is 25.8 Å². The number of nitrogens with two attached hydrogens (primary N) is 1. The Labute approximate surface area is 129 Å². The fraction of sp³-hybridized carbons (Fsp3) is 0.333. The zero-order valence-electron chi connectivity index (χ0n) is 11.8. The minimum Gasteiger partial charge on any atom is -0.399 e. The van der Waals surface area contributed by atoms with Gasteiger partial charge in [-0.25, -0.2) is 0 Å². The van der Waals surface area contributed by atoms with Crippen LogP contribution in [0.4, 0.5) is 5.69 Å². The highest BCUT2D eigenvalue weighted by molar-refractivity contribution is 5.95. The fourth-order valence-electron chi connectivity index (χ4n) is 2.64. The number of amides is 1. The zero-order chi connectivity index (χ0) is 14.1. The number of nitrogens with zero attached hydrogens (tertiary/aromatic N) is 2. The first kappa shape index (κ1) is 15.4. The van der Waals surface area contributed by atoms with Gasteiger partial charge in [-0.1, -0.05) is 5.16 Å². The molecule has 0 radical (unpaired) electrons. The minimum absolute atomic E-state index is 0. The van der Waals surface area contributed by atoms with Gasteiger partial charge < -0.3 is 15.2 Å². The lowest BCUT2D eigenvalue weighted by Gasteiger charge is -2.22. The van der Waals surface area contributed by atoms with Gasteiger partial charge in [0.05, 0.1) is 11.7 Å². The van der Waals surface area contributed by atoms with Crippen LogP contribution in [0.15, 0.2) is 34.9 Å². The molecule has 2 aromatic rings. The number of anilines is 1. The number of hydrogen-bond acceptors (Lipinski definition) is 4. The largest absolute Gasteiger partial charge is 0.399 e. The molecule has 1 unspecified atom stereocenters. The molecule has 1 aromatic heterocycles. The third-order valence-corrected chi connectivity index (χ3v) is 3.65. The van der Waals surface area contributed by atoms with Crippen molar-refractivity contribution in [3.8, 4) is 0 Å². The third kappa shape index (κ3) is 3.03. The molecule has 1 amide bonds. The Morgan fingerprint density at radius 1 is 1.38 bits per heavy atom. The third-order valence-electron chi connectivity index (χ3n) is 3.65. The van der Waals surface area contributed by atoms with Crippen molar-refractivity contribution in [1.29, 1.82) is 0 Å². The summed E-state index contributed by atoms with van der Waals surface area (Å²) >= 11 is 0. The van der Waals surface area contributed by atoms with Crippen LogP contribution in [0.5, 0.6) is 0 Å². The molecule has 0 aliphatic carbocycles. The molecule has 3 rings (SSSR count). The second-order valence-electron chi connectivity index (χ2n) is 5.15. The Balaban J connectivity index is 0.00000161. The summed E-state index contributed by atoms with van der Waals surface area (Å²) in [6, 6.07) is 8.91. The molecule has 1 aliphatic rings. The number of rotatable bonds is 2. The topological polar surface area (TPSA) is 72.4 Å². The van der Waals surface area contributed by atoms with Crippen molar-refractivity contribution < 1.29 is 9.32 Å². The van der Waals surface area contributed by atoms with Crippen LogP contribution in [0.25, 0.3) is 0 Å². The lowest BCUT2D eigenvalue weighted by atomic mass is 10.1. The highest BCUT2D eigenvalue weighted by Crippen LogP contribution is 2.33. The lowest BCUT2D eigenvalue weighted by Crippen LogP contribution is -2.30. The molecule has 2 N–H and O–H groups in total. The monoisotopic (exact) mass is 307 g/mol. The van der Waals surface area contributed by atoms with E-state index in [-0.39, 0.29) is 24.4 Å². The van der Waals surface area contributed by atoms with E-state index in [9.17, 15) is 4.79 Å². The number of aromatic nitrogens is 1. The summed E-state index contributed by atoms with van der Waals surface area (Å²) in [6.45, 7) is 2.63. The molecule has 1 atom stereocenters. The van der Waals surface area contributed by atoms with Crippen LogP contribution in [0.3, 0.4) is 0 Å². The SMILES string of the molecule is Cc1cc(C2CCCN2C(=O)c2ccc(N)cc2)on1.Cl. The first-order valence-corrected chi connectivity index (χ1v) is 6.75. The van der Waals surface area contributed by atoms with Crippen LogP contribution in [0.1, 0.15) is 40.7 Å². The van der Waals surface area contributed by atoms with E-state index < -0.39 is 0 Å². The van der Waals surface area contributed by atoms with Crippen LogP contribution < -0.4 is 5.73 Å². The smallest absolute Gasteiger partial charge is 0.254 e. The molecule has 21 heavy (non-hydrogen) atoms. The normalized spacial score (nSPS) is 17.6. The number of carbonyl (C=O) groups excluding carboxylic acids is 1. The molecule has 0 bridgehead atoms. The summed E-state index contributed by atoms with van der Waals surface area (Å²) in [4.78, 5) is 14.4.